The number of hydrogen-bond donors (Lipinski definition) is 2. The molecule has 3 heterocycles. The quantitative estimate of drug-likeness (QED) is 0.250. The summed E-state index contributed by atoms with van der Waals surface area (Å²) in [7, 11) is 0. The van der Waals surface area contributed by atoms with Crippen molar-refractivity contribution in [3.05, 3.63) is 94.0 Å². The molecule has 0 aliphatic heterocycles. The van der Waals surface area contributed by atoms with Crippen LogP contribution in [0.15, 0.2) is 66.6 Å². The average Bonchev–Trinajstić information content (AvgIpc) is 3.56. The zero-order chi connectivity index (χ0) is 23.5. The van der Waals surface area contributed by atoms with Gasteiger partial charge in [-0.2, -0.15) is 5.10 Å². The van der Waals surface area contributed by atoms with Gasteiger partial charge in [-0.3, -0.25) is 19.8 Å². The molecule has 2 aromatic carbocycles. The van der Waals surface area contributed by atoms with Crippen molar-refractivity contribution in [2.24, 2.45) is 0 Å². The number of aromatic nitrogens is 7. The van der Waals surface area contributed by atoms with E-state index in [-0.39, 0.29) is 5.91 Å². The Balaban J connectivity index is 1.23. The molecule has 11 heteroatoms. The molecule has 0 atom stereocenters. The minimum Gasteiger partial charge on any atom is -0.300 e. The number of nitrogens with one attached hydrogen (secondary N) is 2. The van der Waals surface area contributed by atoms with Gasteiger partial charge in [0.05, 0.1) is 24.2 Å². The summed E-state index contributed by atoms with van der Waals surface area (Å²) < 4.78 is 4.25. The minimum absolute atomic E-state index is 0.215. The normalized spacial score (nSPS) is 11.1. The van der Waals surface area contributed by atoms with E-state index in [0.29, 0.717) is 35.0 Å². The summed E-state index contributed by atoms with van der Waals surface area (Å²) in [5.74, 6) is 0.553. The molecule has 34 heavy (non-hydrogen) atoms. The molecule has 1 amide bonds. The highest BCUT2D eigenvalue weighted by molar-refractivity contribution is 7.71. The van der Waals surface area contributed by atoms with Crippen LogP contribution < -0.4 is 5.32 Å². The second kappa shape index (κ2) is 9.49. The summed E-state index contributed by atoms with van der Waals surface area (Å²) in [6.07, 6.45) is 2.26. The van der Waals surface area contributed by atoms with Crippen LogP contribution in [0.3, 0.4) is 0 Å². The van der Waals surface area contributed by atoms with Crippen molar-refractivity contribution in [3.63, 3.8) is 0 Å². The van der Waals surface area contributed by atoms with E-state index in [2.05, 4.69) is 37.4 Å². The van der Waals surface area contributed by atoms with E-state index in [9.17, 15) is 4.79 Å². The molecule has 0 bridgehead atoms. The molecule has 0 aliphatic rings. The number of aromatic amines is 1. The molecule has 0 aliphatic carbocycles. The first-order valence-corrected chi connectivity index (χ1v) is 11.8. The van der Waals surface area contributed by atoms with Crippen LogP contribution in [0.2, 0.25) is 0 Å². The molecule has 2 N–H and O–H groups in total. The van der Waals surface area contributed by atoms with Gasteiger partial charge in [0.15, 0.2) is 9.90 Å². The Hall–Kier alpha value is -3.96. The number of hydrogen-bond acceptors (Lipinski definition) is 7. The van der Waals surface area contributed by atoms with Gasteiger partial charge in [0.1, 0.15) is 11.3 Å². The van der Waals surface area contributed by atoms with E-state index >= 15 is 0 Å². The molecule has 0 spiro atoms. The SMILES string of the molecule is C=CCn1c(Cc2csc(NC(=O)c3ccc(Cn4nnc5ccccc54)cc3)n2)n[nH]c1=S. The van der Waals surface area contributed by atoms with Crippen LogP contribution in [-0.4, -0.2) is 40.6 Å². The molecular weight excluding hydrogens is 468 g/mol. The van der Waals surface area contributed by atoms with Crippen molar-refractivity contribution < 1.29 is 4.79 Å². The average molecular weight is 489 g/mol. The second-order valence-electron chi connectivity index (χ2n) is 7.55. The van der Waals surface area contributed by atoms with Crippen LogP contribution in [0.4, 0.5) is 5.13 Å². The largest absolute Gasteiger partial charge is 0.300 e. The Labute approximate surface area is 203 Å². The predicted octanol–water partition coefficient (Wildman–Crippen LogP) is 4.22. The topological polar surface area (TPSA) is 106 Å². The van der Waals surface area contributed by atoms with Gasteiger partial charge in [-0.1, -0.05) is 35.6 Å². The Morgan fingerprint density at radius 2 is 2.03 bits per heavy atom. The number of carbonyl (C=O) groups is 1. The molecule has 0 unspecified atom stereocenters. The second-order valence-corrected chi connectivity index (χ2v) is 8.80. The molecular formula is C23H20N8OS2. The molecule has 0 fully saturated rings. The molecule has 3 aromatic heterocycles. The van der Waals surface area contributed by atoms with Crippen molar-refractivity contribution in [1.29, 1.82) is 0 Å². The number of carbonyl (C=O) groups excluding carboxylic acids is 1. The third kappa shape index (κ3) is 4.56. The smallest absolute Gasteiger partial charge is 0.257 e. The number of thiazole rings is 1. The molecule has 9 nitrogen and oxygen atoms in total. The fourth-order valence-corrected chi connectivity index (χ4v) is 4.48. The number of amides is 1. The predicted molar refractivity (Wildman–Crippen MR) is 134 cm³/mol. The Morgan fingerprint density at radius 3 is 2.85 bits per heavy atom. The van der Waals surface area contributed by atoms with Crippen molar-refractivity contribution in [1.82, 2.24) is 34.7 Å². The molecule has 0 radical (unpaired) electrons. The van der Waals surface area contributed by atoms with Gasteiger partial charge < -0.3 is 0 Å². The van der Waals surface area contributed by atoms with Gasteiger partial charge in [-0.15, -0.1) is 23.0 Å². The Bertz CT molecular complexity index is 1530. The highest BCUT2D eigenvalue weighted by Crippen LogP contribution is 2.19. The number of anilines is 1. The highest BCUT2D eigenvalue weighted by Gasteiger charge is 2.12. The van der Waals surface area contributed by atoms with Crippen LogP contribution in [-0.2, 0) is 19.5 Å². The summed E-state index contributed by atoms with van der Waals surface area (Å²) in [5.41, 5.74) is 4.20. The van der Waals surface area contributed by atoms with Gasteiger partial charge in [0, 0.05) is 17.5 Å². The van der Waals surface area contributed by atoms with E-state index in [1.54, 1.807) is 18.2 Å². The van der Waals surface area contributed by atoms with Crippen LogP contribution in [0, 0.1) is 4.77 Å². The van der Waals surface area contributed by atoms with E-state index in [4.69, 9.17) is 12.2 Å². The van der Waals surface area contributed by atoms with E-state index in [1.807, 2.05) is 51.0 Å². The number of nitrogens with zero attached hydrogens (tertiary/aromatic N) is 6. The standard InChI is InChI=1S/C23H20N8OS2/c1-2-11-30-20(27-28-23(30)33)12-17-14-34-22(24-17)25-21(32)16-9-7-15(8-10-16)13-31-19-6-4-3-5-18(19)26-29-31/h2-10,14H,1,11-13H2,(H,28,33)(H,24,25,32). The monoisotopic (exact) mass is 488 g/mol. The van der Waals surface area contributed by atoms with Gasteiger partial charge in [-0.25, -0.2) is 9.67 Å². The minimum atomic E-state index is -0.215. The summed E-state index contributed by atoms with van der Waals surface area (Å²) in [5, 5.41) is 20.7. The maximum absolute atomic E-state index is 12.7. The lowest BCUT2D eigenvalue weighted by molar-refractivity contribution is 0.102. The van der Waals surface area contributed by atoms with Crippen molar-refractivity contribution >= 4 is 45.6 Å². The number of benzene rings is 2. The first kappa shape index (κ1) is 21.9. The lowest BCUT2D eigenvalue weighted by atomic mass is 10.1. The molecule has 170 valence electrons. The summed E-state index contributed by atoms with van der Waals surface area (Å²) in [4.78, 5) is 17.2. The lowest BCUT2D eigenvalue weighted by Crippen LogP contribution is -2.12. The highest BCUT2D eigenvalue weighted by atomic mass is 32.1. The third-order valence-corrected chi connectivity index (χ3v) is 6.35. The van der Waals surface area contributed by atoms with Gasteiger partial charge in [0.25, 0.3) is 5.91 Å². The molecule has 5 rings (SSSR count). The fraction of sp³-hybridized carbons (Fsp3) is 0.130. The number of para-hydroxylation sites is 1. The van der Waals surface area contributed by atoms with Crippen LogP contribution in [0.5, 0.6) is 0 Å². The maximum Gasteiger partial charge on any atom is 0.257 e. The van der Waals surface area contributed by atoms with E-state index < -0.39 is 0 Å². The fourth-order valence-electron chi connectivity index (χ4n) is 3.55. The Morgan fingerprint density at radius 1 is 1.21 bits per heavy atom. The maximum atomic E-state index is 12.7. The number of fused-ring (bicyclic) bond motifs is 1. The zero-order valence-corrected chi connectivity index (χ0v) is 19.6. The zero-order valence-electron chi connectivity index (χ0n) is 18.0. The van der Waals surface area contributed by atoms with Crippen molar-refractivity contribution in [2.45, 2.75) is 19.5 Å². The Kier molecular flexibility index (Phi) is 6.11. The van der Waals surface area contributed by atoms with Crippen LogP contribution in [0.1, 0.15) is 27.4 Å². The van der Waals surface area contributed by atoms with Crippen molar-refractivity contribution in [2.75, 3.05) is 5.32 Å². The van der Waals surface area contributed by atoms with Gasteiger partial charge in [-0.05, 0) is 42.0 Å². The summed E-state index contributed by atoms with van der Waals surface area (Å²) >= 11 is 6.62. The van der Waals surface area contributed by atoms with E-state index in [0.717, 1.165) is 28.1 Å². The van der Waals surface area contributed by atoms with Gasteiger partial charge in [0.2, 0.25) is 0 Å². The first-order valence-electron chi connectivity index (χ1n) is 10.5. The molecule has 0 saturated carbocycles. The lowest BCUT2D eigenvalue weighted by Gasteiger charge is -2.05. The number of allylic oxidation sites excluding steroid dienone is 1. The summed E-state index contributed by atoms with van der Waals surface area (Å²) in [6.45, 7) is 4.89. The summed E-state index contributed by atoms with van der Waals surface area (Å²) in [6, 6.07) is 15.2. The van der Waals surface area contributed by atoms with Gasteiger partial charge >= 0.3 is 0 Å². The van der Waals surface area contributed by atoms with E-state index in [1.165, 1.54) is 11.3 Å². The van der Waals surface area contributed by atoms with Crippen LogP contribution in [0.25, 0.3) is 11.0 Å². The third-order valence-electron chi connectivity index (χ3n) is 5.23. The molecule has 5 aromatic rings. The number of H-pyrrole nitrogens is 1. The number of rotatable bonds is 8. The first-order chi connectivity index (χ1) is 16.6. The van der Waals surface area contributed by atoms with Crippen LogP contribution >= 0.6 is 23.6 Å². The van der Waals surface area contributed by atoms with Crippen molar-refractivity contribution in [3.8, 4) is 0 Å². The molecule has 0 saturated heterocycles.